The molecule has 106 valence electrons. The Bertz CT molecular complexity index is 569. The van der Waals surface area contributed by atoms with E-state index in [0.29, 0.717) is 11.3 Å². The maximum Gasteiger partial charge on any atom is 0.278 e. The van der Waals surface area contributed by atoms with Gasteiger partial charge in [-0.2, -0.15) is 0 Å². The molecule has 3 rings (SSSR count). The first-order valence-electron chi connectivity index (χ1n) is 7.02. The van der Waals surface area contributed by atoms with Crippen molar-refractivity contribution in [3.8, 4) is 0 Å². The average Bonchev–Trinajstić information content (AvgIpc) is 3.09. The van der Waals surface area contributed by atoms with Gasteiger partial charge in [0.05, 0.1) is 5.57 Å². The molecule has 2 amide bonds. The van der Waals surface area contributed by atoms with Crippen LogP contribution in [0.1, 0.15) is 31.6 Å². The second kappa shape index (κ2) is 5.05. The van der Waals surface area contributed by atoms with Gasteiger partial charge in [0.2, 0.25) is 0 Å². The molecule has 5 heteroatoms. The van der Waals surface area contributed by atoms with Gasteiger partial charge >= 0.3 is 0 Å². The number of carbonyl (C=O) groups is 2. The van der Waals surface area contributed by atoms with E-state index in [1.54, 1.807) is 0 Å². The zero-order valence-corrected chi connectivity index (χ0v) is 12.6. The number of imide groups is 1. The Balaban J connectivity index is 2.10. The van der Waals surface area contributed by atoms with Crippen molar-refractivity contribution < 1.29 is 9.59 Å². The third kappa shape index (κ3) is 1.97. The summed E-state index contributed by atoms with van der Waals surface area (Å²) in [5, 5.41) is 1.94. The van der Waals surface area contributed by atoms with Crippen molar-refractivity contribution in [1.82, 2.24) is 9.80 Å². The first kappa shape index (κ1) is 13.4. The van der Waals surface area contributed by atoms with Crippen LogP contribution in [0.25, 0.3) is 5.57 Å². The predicted octanol–water partition coefficient (Wildman–Crippen LogP) is 2.33. The van der Waals surface area contributed by atoms with Crippen LogP contribution in [-0.4, -0.2) is 40.7 Å². The third-order valence-corrected chi connectivity index (χ3v) is 4.68. The van der Waals surface area contributed by atoms with Gasteiger partial charge in [-0.15, -0.1) is 11.3 Å². The average molecular weight is 290 g/mol. The smallest absolute Gasteiger partial charge is 0.278 e. The lowest BCUT2D eigenvalue weighted by atomic mass is 10.2. The highest BCUT2D eigenvalue weighted by Gasteiger charge is 2.43. The van der Waals surface area contributed by atoms with Gasteiger partial charge in [-0.25, -0.2) is 0 Å². The molecule has 2 aliphatic heterocycles. The fourth-order valence-corrected chi connectivity index (χ4v) is 3.64. The zero-order chi connectivity index (χ0) is 14.3. The molecule has 0 saturated carbocycles. The van der Waals surface area contributed by atoms with Gasteiger partial charge in [-0.05, 0) is 38.1 Å². The SMILES string of the molecule is CC(C)N1C(=O)C(c2cccs2)=C(N2CCCC2)C1=O. The van der Waals surface area contributed by atoms with Gasteiger partial charge in [0, 0.05) is 24.0 Å². The quantitative estimate of drug-likeness (QED) is 0.802. The number of likely N-dealkylation sites (tertiary alicyclic amines) is 1. The summed E-state index contributed by atoms with van der Waals surface area (Å²) in [6, 6.07) is 3.74. The standard InChI is InChI=1S/C15H18N2O2S/c1-10(2)17-14(18)12(11-6-5-9-20-11)13(15(17)19)16-7-3-4-8-16/h5-6,9-10H,3-4,7-8H2,1-2H3. The highest BCUT2D eigenvalue weighted by molar-refractivity contribution is 7.11. The molecule has 1 fully saturated rings. The molecule has 0 radical (unpaired) electrons. The van der Waals surface area contributed by atoms with Crippen LogP contribution in [0.5, 0.6) is 0 Å². The molecular weight excluding hydrogens is 272 g/mol. The summed E-state index contributed by atoms with van der Waals surface area (Å²) in [7, 11) is 0. The van der Waals surface area contributed by atoms with E-state index in [2.05, 4.69) is 4.90 Å². The van der Waals surface area contributed by atoms with Crippen molar-refractivity contribution >= 4 is 28.7 Å². The maximum absolute atomic E-state index is 12.7. The van der Waals surface area contributed by atoms with Crippen LogP contribution in [0.2, 0.25) is 0 Å². The summed E-state index contributed by atoms with van der Waals surface area (Å²) < 4.78 is 0. The van der Waals surface area contributed by atoms with Crippen LogP contribution in [0.15, 0.2) is 23.2 Å². The van der Waals surface area contributed by atoms with Crippen LogP contribution in [0.4, 0.5) is 0 Å². The molecule has 0 atom stereocenters. The molecule has 3 heterocycles. The second-order valence-electron chi connectivity index (χ2n) is 5.47. The van der Waals surface area contributed by atoms with Crippen molar-refractivity contribution in [2.24, 2.45) is 0 Å². The van der Waals surface area contributed by atoms with Crippen LogP contribution < -0.4 is 0 Å². The molecule has 1 saturated heterocycles. The molecule has 0 N–H and O–H groups in total. The van der Waals surface area contributed by atoms with Crippen molar-refractivity contribution in [3.63, 3.8) is 0 Å². The van der Waals surface area contributed by atoms with E-state index in [-0.39, 0.29) is 17.9 Å². The number of amides is 2. The van der Waals surface area contributed by atoms with E-state index in [1.165, 1.54) is 16.2 Å². The highest BCUT2D eigenvalue weighted by Crippen LogP contribution is 2.35. The highest BCUT2D eigenvalue weighted by atomic mass is 32.1. The molecule has 0 aliphatic carbocycles. The lowest BCUT2D eigenvalue weighted by molar-refractivity contribution is -0.139. The van der Waals surface area contributed by atoms with Crippen molar-refractivity contribution in [3.05, 3.63) is 28.1 Å². The Morgan fingerprint density at radius 2 is 1.85 bits per heavy atom. The number of rotatable bonds is 3. The lowest BCUT2D eigenvalue weighted by Crippen LogP contribution is -2.39. The number of carbonyl (C=O) groups excluding carboxylic acids is 2. The number of nitrogens with zero attached hydrogens (tertiary/aromatic N) is 2. The summed E-state index contributed by atoms with van der Waals surface area (Å²) in [6.45, 7) is 5.51. The second-order valence-corrected chi connectivity index (χ2v) is 6.42. The predicted molar refractivity (Wildman–Crippen MR) is 79.0 cm³/mol. The van der Waals surface area contributed by atoms with E-state index in [4.69, 9.17) is 0 Å². The molecule has 20 heavy (non-hydrogen) atoms. The Labute approximate surface area is 122 Å². The van der Waals surface area contributed by atoms with Gasteiger partial charge < -0.3 is 4.90 Å². The zero-order valence-electron chi connectivity index (χ0n) is 11.8. The molecule has 0 spiro atoms. The molecule has 1 aromatic heterocycles. The van der Waals surface area contributed by atoms with Gasteiger partial charge in [0.15, 0.2) is 0 Å². The number of thiophene rings is 1. The van der Waals surface area contributed by atoms with Crippen molar-refractivity contribution in [1.29, 1.82) is 0 Å². The molecular formula is C15H18N2O2S. The molecule has 4 nitrogen and oxygen atoms in total. The summed E-state index contributed by atoms with van der Waals surface area (Å²) in [4.78, 5) is 29.7. The molecule has 0 unspecified atom stereocenters. The molecule has 0 bridgehead atoms. The summed E-state index contributed by atoms with van der Waals surface area (Å²) in [5.74, 6) is -0.273. The molecule has 0 aromatic carbocycles. The first-order chi connectivity index (χ1) is 9.61. The van der Waals surface area contributed by atoms with Gasteiger partial charge in [0.25, 0.3) is 11.8 Å². The van der Waals surface area contributed by atoms with Crippen LogP contribution in [0.3, 0.4) is 0 Å². The first-order valence-corrected chi connectivity index (χ1v) is 7.90. The topological polar surface area (TPSA) is 40.6 Å². The largest absolute Gasteiger partial charge is 0.366 e. The van der Waals surface area contributed by atoms with E-state index in [0.717, 1.165) is 30.8 Å². The van der Waals surface area contributed by atoms with Crippen LogP contribution in [-0.2, 0) is 9.59 Å². The van der Waals surface area contributed by atoms with E-state index in [1.807, 2.05) is 31.4 Å². The van der Waals surface area contributed by atoms with Crippen LogP contribution >= 0.6 is 11.3 Å². The Morgan fingerprint density at radius 1 is 1.15 bits per heavy atom. The summed E-state index contributed by atoms with van der Waals surface area (Å²) in [6.07, 6.45) is 2.18. The summed E-state index contributed by atoms with van der Waals surface area (Å²) >= 11 is 1.52. The fourth-order valence-electron chi connectivity index (χ4n) is 2.88. The number of hydrogen-bond donors (Lipinski definition) is 0. The van der Waals surface area contributed by atoms with E-state index >= 15 is 0 Å². The van der Waals surface area contributed by atoms with E-state index in [9.17, 15) is 9.59 Å². The molecule has 2 aliphatic rings. The van der Waals surface area contributed by atoms with Crippen molar-refractivity contribution in [2.75, 3.05) is 13.1 Å². The Morgan fingerprint density at radius 3 is 2.40 bits per heavy atom. The van der Waals surface area contributed by atoms with Gasteiger partial charge in [-0.1, -0.05) is 6.07 Å². The summed E-state index contributed by atoms with van der Waals surface area (Å²) in [5.41, 5.74) is 1.21. The molecule has 1 aromatic rings. The monoisotopic (exact) mass is 290 g/mol. The minimum absolute atomic E-state index is 0.106. The minimum atomic E-state index is -0.144. The van der Waals surface area contributed by atoms with Crippen LogP contribution in [0, 0.1) is 0 Å². The van der Waals surface area contributed by atoms with Crippen molar-refractivity contribution in [2.45, 2.75) is 32.7 Å². The van der Waals surface area contributed by atoms with E-state index < -0.39 is 0 Å². The fraction of sp³-hybridized carbons (Fsp3) is 0.467. The maximum atomic E-state index is 12.7. The van der Waals surface area contributed by atoms with Gasteiger partial charge in [0.1, 0.15) is 5.70 Å². The lowest BCUT2D eigenvalue weighted by Gasteiger charge is -2.22. The minimum Gasteiger partial charge on any atom is -0.366 e. The normalized spacial score (nSPS) is 19.9. The Hall–Kier alpha value is -1.62. The third-order valence-electron chi connectivity index (χ3n) is 3.80. The van der Waals surface area contributed by atoms with Gasteiger partial charge in [-0.3, -0.25) is 14.5 Å². The Kier molecular flexibility index (Phi) is 3.38. The number of hydrogen-bond acceptors (Lipinski definition) is 4.